The molecule has 3 nitrogen and oxygen atoms in total. The summed E-state index contributed by atoms with van der Waals surface area (Å²) in [6.07, 6.45) is -0.473. The van der Waals surface area contributed by atoms with Crippen LogP contribution in [-0.2, 0) is 4.74 Å². The van der Waals surface area contributed by atoms with E-state index in [1.54, 1.807) is 0 Å². The van der Waals surface area contributed by atoms with Gasteiger partial charge < -0.3 is 4.74 Å². The monoisotopic (exact) mass is 227 g/mol. The van der Waals surface area contributed by atoms with Crippen molar-refractivity contribution in [2.45, 2.75) is 13.8 Å². The maximum Gasteiger partial charge on any atom is 0.411 e. The number of nitrogens with one attached hydrogen (secondary N) is 1. The number of aryl methyl sites for hydroxylation is 2. The Kier molecular flexibility index (Phi) is 4.43. The standard InChI is InChI=1S/C11H14ClNO2/c1-8-3-4-10(7-9(8)2)13-11(14)15-6-5-12/h3-4,7H,5-6H2,1-2H3,(H,13,14). The first kappa shape index (κ1) is 11.9. The summed E-state index contributed by atoms with van der Waals surface area (Å²) in [6, 6.07) is 5.69. The number of carbonyl (C=O) groups excluding carboxylic acids is 1. The number of alkyl halides is 1. The van der Waals surface area contributed by atoms with Gasteiger partial charge in [0.05, 0.1) is 5.88 Å². The van der Waals surface area contributed by atoms with E-state index < -0.39 is 6.09 Å². The Morgan fingerprint density at radius 2 is 2.13 bits per heavy atom. The molecule has 0 aliphatic heterocycles. The van der Waals surface area contributed by atoms with E-state index in [4.69, 9.17) is 16.3 Å². The molecule has 1 N–H and O–H groups in total. The van der Waals surface area contributed by atoms with Gasteiger partial charge in [0.25, 0.3) is 0 Å². The maximum atomic E-state index is 11.2. The van der Waals surface area contributed by atoms with Gasteiger partial charge in [-0.1, -0.05) is 6.07 Å². The molecule has 1 rings (SSSR count). The van der Waals surface area contributed by atoms with Crippen molar-refractivity contribution in [3.63, 3.8) is 0 Å². The second-order valence-electron chi connectivity index (χ2n) is 3.25. The molecule has 0 bridgehead atoms. The van der Waals surface area contributed by atoms with Gasteiger partial charge in [0.1, 0.15) is 6.61 Å². The van der Waals surface area contributed by atoms with Gasteiger partial charge in [0.15, 0.2) is 0 Å². The molecule has 0 atom stereocenters. The van der Waals surface area contributed by atoms with Gasteiger partial charge in [-0.05, 0) is 37.1 Å². The molecule has 0 aromatic heterocycles. The molecule has 1 aromatic rings. The van der Waals surface area contributed by atoms with E-state index in [-0.39, 0.29) is 6.61 Å². The summed E-state index contributed by atoms with van der Waals surface area (Å²) < 4.78 is 4.78. The summed E-state index contributed by atoms with van der Waals surface area (Å²) in [5.41, 5.74) is 3.05. The van der Waals surface area contributed by atoms with Crippen molar-refractivity contribution in [2.75, 3.05) is 17.8 Å². The van der Waals surface area contributed by atoms with Crippen molar-refractivity contribution in [1.82, 2.24) is 0 Å². The van der Waals surface area contributed by atoms with Gasteiger partial charge in [-0.2, -0.15) is 0 Å². The number of carbonyl (C=O) groups is 1. The summed E-state index contributed by atoms with van der Waals surface area (Å²) in [6.45, 7) is 4.23. The normalized spacial score (nSPS) is 9.80. The second kappa shape index (κ2) is 5.61. The topological polar surface area (TPSA) is 38.3 Å². The SMILES string of the molecule is Cc1ccc(NC(=O)OCCCl)cc1C. The van der Waals surface area contributed by atoms with E-state index in [0.29, 0.717) is 5.88 Å². The third-order valence-corrected chi connectivity index (χ3v) is 2.22. The zero-order valence-electron chi connectivity index (χ0n) is 8.84. The third-order valence-electron chi connectivity index (χ3n) is 2.06. The van der Waals surface area contributed by atoms with E-state index >= 15 is 0 Å². The summed E-state index contributed by atoms with van der Waals surface area (Å²) in [5.74, 6) is 0.306. The predicted octanol–water partition coefficient (Wildman–Crippen LogP) is 3.09. The van der Waals surface area contributed by atoms with Crippen LogP contribution in [0.5, 0.6) is 0 Å². The minimum absolute atomic E-state index is 0.220. The molecule has 0 saturated heterocycles. The van der Waals surface area contributed by atoms with Crippen LogP contribution in [0.25, 0.3) is 0 Å². The lowest BCUT2D eigenvalue weighted by Crippen LogP contribution is -2.14. The van der Waals surface area contributed by atoms with Crippen LogP contribution in [0.1, 0.15) is 11.1 Å². The number of benzene rings is 1. The number of halogens is 1. The maximum absolute atomic E-state index is 11.2. The Labute approximate surface area is 94.4 Å². The first-order chi connectivity index (χ1) is 7.13. The Bertz CT molecular complexity index is 352. The smallest absolute Gasteiger partial charge is 0.411 e. The first-order valence-corrected chi connectivity index (χ1v) is 5.24. The van der Waals surface area contributed by atoms with E-state index in [2.05, 4.69) is 5.32 Å². The molecule has 4 heteroatoms. The quantitative estimate of drug-likeness (QED) is 0.806. The molecule has 0 aliphatic carbocycles. The van der Waals surface area contributed by atoms with E-state index in [1.165, 1.54) is 5.56 Å². The summed E-state index contributed by atoms with van der Waals surface area (Å²) in [5, 5.41) is 2.62. The fourth-order valence-electron chi connectivity index (χ4n) is 1.10. The fourth-order valence-corrected chi connectivity index (χ4v) is 1.18. The molecule has 0 fully saturated rings. The lowest BCUT2D eigenvalue weighted by Gasteiger charge is -2.07. The van der Waals surface area contributed by atoms with Crippen LogP contribution in [-0.4, -0.2) is 18.6 Å². The van der Waals surface area contributed by atoms with E-state index in [0.717, 1.165) is 11.3 Å². The molecule has 82 valence electrons. The van der Waals surface area contributed by atoms with Crippen molar-refractivity contribution in [2.24, 2.45) is 0 Å². The molecule has 0 unspecified atom stereocenters. The van der Waals surface area contributed by atoms with E-state index in [1.807, 2.05) is 32.0 Å². The lowest BCUT2D eigenvalue weighted by molar-refractivity contribution is 0.168. The number of anilines is 1. The number of hydrogen-bond acceptors (Lipinski definition) is 2. The fraction of sp³-hybridized carbons (Fsp3) is 0.364. The minimum Gasteiger partial charge on any atom is -0.448 e. The van der Waals surface area contributed by atoms with Crippen LogP contribution < -0.4 is 5.32 Å². The second-order valence-corrected chi connectivity index (χ2v) is 3.63. The summed E-state index contributed by atoms with van der Waals surface area (Å²) >= 11 is 5.39. The predicted molar refractivity (Wildman–Crippen MR) is 61.6 cm³/mol. The molecule has 0 saturated carbocycles. The number of rotatable bonds is 3. The molecule has 1 amide bonds. The number of ether oxygens (including phenoxy) is 1. The molecule has 0 spiro atoms. The zero-order chi connectivity index (χ0) is 11.3. The average molecular weight is 228 g/mol. The molecule has 0 aliphatic rings. The van der Waals surface area contributed by atoms with Crippen molar-refractivity contribution in [1.29, 1.82) is 0 Å². The first-order valence-electron chi connectivity index (χ1n) is 4.70. The van der Waals surface area contributed by atoms with Gasteiger partial charge in [0.2, 0.25) is 0 Å². The average Bonchev–Trinajstić information content (AvgIpc) is 2.20. The van der Waals surface area contributed by atoms with Crippen LogP contribution in [0.3, 0.4) is 0 Å². The highest BCUT2D eigenvalue weighted by molar-refractivity contribution is 6.18. The van der Waals surface area contributed by atoms with Crippen LogP contribution in [0.2, 0.25) is 0 Å². The summed E-state index contributed by atoms with van der Waals surface area (Å²) in [4.78, 5) is 11.2. The van der Waals surface area contributed by atoms with Crippen LogP contribution in [0.4, 0.5) is 10.5 Å². The van der Waals surface area contributed by atoms with Crippen molar-refractivity contribution < 1.29 is 9.53 Å². The van der Waals surface area contributed by atoms with Gasteiger partial charge in [0, 0.05) is 5.69 Å². The molecular formula is C11H14ClNO2. The minimum atomic E-state index is -0.473. The Morgan fingerprint density at radius 1 is 1.40 bits per heavy atom. The van der Waals surface area contributed by atoms with E-state index in [9.17, 15) is 4.79 Å². The molecule has 1 aromatic carbocycles. The Hall–Kier alpha value is -1.22. The van der Waals surface area contributed by atoms with Gasteiger partial charge in [-0.3, -0.25) is 5.32 Å². The summed E-state index contributed by atoms with van der Waals surface area (Å²) in [7, 11) is 0. The van der Waals surface area contributed by atoms with Crippen molar-refractivity contribution in [3.8, 4) is 0 Å². The molecule has 0 radical (unpaired) electrons. The Balaban J connectivity index is 2.57. The van der Waals surface area contributed by atoms with Crippen molar-refractivity contribution in [3.05, 3.63) is 29.3 Å². The largest absolute Gasteiger partial charge is 0.448 e. The molecule has 0 heterocycles. The van der Waals surface area contributed by atoms with Crippen LogP contribution in [0.15, 0.2) is 18.2 Å². The van der Waals surface area contributed by atoms with Crippen LogP contribution in [0, 0.1) is 13.8 Å². The van der Waals surface area contributed by atoms with Gasteiger partial charge in [-0.15, -0.1) is 11.6 Å². The number of amides is 1. The highest BCUT2D eigenvalue weighted by Crippen LogP contribution is 2.14. The van der Waals surface area contributed by atoms with Gasteiger partial charge >= 0.3 is 6.09 Å². The molecule has 15 heavy (non-hydrogen) atoms. The van der Waals surface area contributed by atoms with Crippen LogP contribution >= 0.6 is 11.6 Å². The Morgan fingerprint density at radius 3 is 2.73 bits per heavy atom. The highest BCUT2D eigenvalue weighted by atomic mass is 35.5. The zero-order valence-corrected chi connectivity index (χ0v) is 9.60. The van der Waals surface area contributed by atoms with Crippen molar-refractivity contribution >= 4 is 23.4 Å². The third kappa shape index (κ3) is 3.80. The van der Waals surface area contributed by atoms with Gasteiger partial charge in [-0.25, -0.2) is 4.79 Å². The number of hydrogen-bond donors (Lipinski definition) is 1. The highest BCUT2D eigenvalue weighted by Gasteiger charge is 2.03. The molecular weight excluding hydrogens is 214 g/mol. The lowest BCUT2D eigenvalue weighted by atomic mass is 10.1.